The zero-order valence-corrected chi connectivity index (χ0v) is 20.1. The first kappa shape index (κ1) is 11.7. The molecule has 0 saturated carbocycles. The number of hydrogen-bond donors (Lipinski definition) is 0. The van der Waals surface area contributed by atoms with Crippen LogP contribution in [0.4, 0.5) is 0 Å². The van der Waals surface area contributed by atoms with Crippen molar-refractivity contribution < 1.29 is 25.0 Å². The number of benzene rings is 7. The summed E-state index contributed by atoms with van der Waals surface area (Å²) in [5, 5.41) is -1.31. The Morgan fingerprint density at radius 3 is 1.59 bits per heavy atom. The van der Waals surface area contributed by atoms with Gasteiger partial charge in [0.15, 0.2) is 0 Å². The number of furan rings is 1. The lowest BCUT2D eigenvalue weighted by Gasteiger charge is -2.18. The van der Waals surface area contributed by atoms with Crippen LogP contribution in [0.2, 0.25) is 0 Å². The molecule has 39 heavy (non-hydrogen) atoms. The quantitative estimate of drug-likeness (QED) is 0.215. The maximum atomic E-state index is 9.26. The van der Waals surface area contributed by atoms with Crippen LogP contribution in [0, 0.1) is 0 Å². The minimum Gasteiger partial charge on any atom is -0.455 e. The van der Waals surface area contributed by atoms with Gasteiger partial charge in [0.05, 0.1) is 20.6 Å². The molecule has 8 rings (SSSR count). The van der Waals surface area contributed by atoms with Crippen molar-refractivity contribution in [2.75, 3.05) is 0 Å². The predicted molar refractivity (Wildman–Crippen MR) is 165 cm³/mol. The molecular formula is C38H24O. The predicted octanol–water partition coefficient (Wildman–Crippen LogP) is 10.9. The van der Waals surface area contributed by atoms with E-state index in [9.17, 15) is 6.85 Å². The normalized spacial score (nSPS) is 17.0. The van der Waals surface area contributed by atoms with Crippen LogP contribution < -0.4 is 0 Å². The molecule has 182 valence electrons. The molecule has 1 nitrogen and oxygen atoms in total. The second-order valence-corrected chi connectivity index (χ2v) is 8.95. The Bertz CT molecular complexity index is 2890. The molecule has 0 radical (unpaired) electrons. The second-order valence-electron chi connectivity index (χ2n) is 8.95. The van der Waals surface area contributed by atoms with Crippen molar-refractivity contribution in [1.82, 2.24) is 0 Å². The van der Waals surface area contributed by atoms with Gasteiger partial charge in [-0.25, -0.2) is 0 Å². The highest BCUT2D eigenvalue weighted by molar-refractivity contribution is 6.24. The summed E-state index contributed by atoms with van der Waals surface area (Å²) < 4.78 is 139. The molecule has 0 fully saturated rings. The number of rotatable bonds is 3. The van der Waals surface area contributed by atoms with Crippen molar-refractivity contribution in [2.24, 2.45) is 0 Å². The van der Waals surface area contributed by atoms with Crippen LogP contribution in [0.5, 0.6) is 0 Å². The molecule has 1 aromatic heterocycles. The van der Waals surface area contributed by atoms with E-state index in [1.807, 2.05) is 30.3 Å². The molecule has 8 aromatic rings. The average molecular weight is 512 g/mol. The van der Waals surface area contributed by atoms with Gasteiger partial charge in [0.1, 0.15) is 11.2 Å². The van der Waals surface area contributed by atoms with Gasteiger partial charge in [-0.05, 0) is 49.8 Å². The van der Waals surface area contributed by atoms with E-state index < -0.39 is 90.6 Å². The van der Waals surface area contributed by atoms with Gasteiger partial charge in [-0.1, -0.05) is 139 Å². The fourth-order valence-electron chi connectivity index (χ4n) is 5.13. The second kappa shape index (κ2) is 8.72. The van der Waals surface area contributed by atoms with Crippen molar-refractivity contribution in [3.8, 4) is 33.4 Å². The first-order chi connectivity index (χ1) is 25.6. The van der Waals surface area contributed by atoms with Crippen molar-refractivity contribution >= 4 is 43.5 Å². The minimum absolute atomic E-state index is 0.0672. The van der Waals surface area contributed by atoms with Crippen LogP contribution in [0.25, 0.3) is 76.9 Å². The molecule has 1 heterocycles. The van der Waals surface area contributed by atoms with E-state index in [2.05, 4.69) is 0 Å². The summed E-state index contributed by atoms with van der Waals surface area (Å²) in [4.78, 5) is 0. The topological polar surface area (TPSA) is 13.1 Å². The maximum Gasteiger partial charge on any atom is 0.143 e. The molecule has 0 saturated heterocycles. The number of para-hydroxylation sites is 2. The molecule has 0 atom stereocenters. The monoisotopic (exact) mass is 511 g/mol. The van der Waals surface area contributed by atoms with E-state index >= 15 is 0 Å². The van der Waals surface area contributed by atoms with Gasteiger partial charge in [-0.15, -0.1) is 0 Å². The summed E-state index contributed by atoms with van der Waals surface area (Å²) in [5.74, 6) is 0. The molecule has 0 spiro atoms. The van der Waals surface area contributed by atoms with E-state index in [1.54, 1.807) is 24.3 Å². The third kappa shape index (κ3) is 3.41. The zero-order chi connectivity index (χ0) is 38.8. The molecule has 0 aliphatic carbocycles. The Labute approximate surface area is 247 Å². The molecule has 7 aromatic carbocycles. The van der Waals surface area contributed by atoms with Gasteiger partial charge < -0.3 is 4.42 Å². The van der Waals surface area contributed by atoms with Crippen LogP contribution >= 0.6 is 0 Å². The average Bonchev–Trinajstić information content (AvgIpc) is 3.58. The van der Waals surface area contributed by atoms with Crippen molar-refractivity contribution in [3.05, 3.63) is 145 Å². The lowest BCUT2D eigenvalue weighted by molar-refractivity contribution is 0.670. The Balaban J connectivity index is 1.68. The van der Waals surface area contributed by atoms with Crippen LogP contribution in [0.3, 0.4) is 0 Å². The van der Waals surface area contributed by atoms with Crippen molar-refractivity contribution in [3.63, 3.8) is 0 Å². The van der Waals surface area contributed by atoms with Gasteiger partial charge in [-0.3, -0.25) is 0 Å². The molecule has 1 heteroatoms. The first-order valence-corrected chi connectivity index (χ1v) is 12.1. The van der Waals surface area contributed by atoms with Gasteiger partial charge >= 0.3 is 0 Å². The largest absolute Gasteiger partial charge is 0.455 e. The lowest BCUT2D eigenvalue weighted by atomic mass is 9.85. The molecule has 0 amide bonds. The summed E-state index contributed by atoms with van der Waals surface area (Å²) in [6.07, 6.45) is 0. The van der Waals surface area contributed by atoms with Crippen LogP contribution in [-0.4, -0.2) is 0 Å². The Morgan fingerprint density at radius 1 is 0.410 bits per heavy atom. The van der Waals surface area contributed by atoms with E-state index in [4.69, 9.17) is 18.1 Å². The fourth-order valence-corrected chi connectivity index (χ4v) is 5.13. The maximum absolute atomic E-state index is 9.26. The molecular weight excluding hydrogens is 472 g/mol. The summed E-state index contributed by atoms with van der Waals surface area (Å²) >= 11 is 0. The molecule has 0 bridgehead atoms. The van der Waals surface area contributed by atoms with Crippen LogP contribution in [0.1, 0.15) is 20.6 Å². The van der Waals surface area contributed by atoms with Gasteiger partial charge in [0, 0.05) is 21.9 Å². The third-order valence-electron chi connectivity index (χ3n) is 6.84. The van der Waals surface area contributed by atoms with Crippen molar-refractivity contribution in [1.29, 1.82) is 0 Å². The van der Waals surface area contributed by atoms with Crippen molar-refractivity contribution in [2.45, 2.75) is 0 Å². The van der Waals surface area contributed by atoms with Crippen LogP contribution in [-0.2, 0) is 0 Å². The smallest absolute Gasteiger partial charge is 0.143 e. The SMILES string of the molecule is [2H]c1c([2H])c([2H])c2c(oc3c(-c4c5c([2H])c([2H])c([2H])c([2H])c5c(-c5ccc(-c6ccccc6)cc5)c5c([2H])c([2H])c([2H])c([2H])c45)c([2H])c([2H])c([2H])c32)c1[2H]. The summed E-state index contributed by atoms with van der Waals surface area (Å²) in [6.45, 7) is 0. The number of fused-ring (bicyclic) bond motifs is 5. The fraction of sp³-hybridized carbons (Fsp3) is 0. The van der Waals surface area contributed by atoms with Gasteiger partial charge in [-0.2, -0.15) is 0 Å². The van der Waals surface area contributed by atoms with E-state index in [0.717, 1.165) is 11.1 Å². The molecule has 0 aliphatic heterocycles. The number of hydrogen-bond acceptors (Lipinski definition) is 1. The van der Waals surface area contributed by atoms with Crippen LogP contribution in [0.15, 0.2) is 150 Å². The highest BCUT2D eigenvalue weighted by Crippen LogP contribution is 2.46. The molecule has 0 N–H and O–H groups in total. The van der Waals surface area contributed by atoms with Gasteiger partial charge in [0.2, 0.25) is 0 Å². The Kier molecular flexibility index (Phi) is 2.62. The van der Waals surface area contributed by atoms with Gasteiger partial charge in [0.25, 0.3) is 0 Å². The molecule has 0 aliphatic rings. The lowest BCUT2D eigenvalue weighted by Crippen LogP contribution is -1.91. The zero-order valence-electron chi connectivity index (χ0n) is 35.1. The third-order valence-corrected chi connectivity index (χ3v) is 6.84. The summed E-state index contributed by atoms with van der Waals surface area (Å²) in [7, 11) is 0. The standard InChI is InChI=1S/C38H24O/c1-2-11-25(12-3-1)26-21-23-27(24-22-26)36-29-14-4-6-16-31(29)37(32-17-7-5-15-30(32)36)34-19-10-18-33-28-13-8-9-20-35(28)39-38(33)34/h1-24H/i4D,5D,6D,7D,8D,9D,10D,13D,14D,15D,16D,17D,18D,19D,20D. The van der Waals surface area contributed by atoms with E-state index in [1.165, 1.54) is 0 Å². The van der Waals surface area contributed by atoms with E-state index in [-0.39, 0.29) is 60.2 Å². The first-order valence-electron chi connectivity index (χ1n) is 19.6. The summed E-state index contributed by atoms with van der Waals surface area (Å²) in [6, 6.07) is 6.95. The van der Waals surface area contributed by atoms with E-state index in [0.29, 0.717) is 5.56 Å². The Hall–Kier alpha value is -5.14. The highest BCUT2D eigenvalue weighted by atomic mass is 16.3. The molecule has 0 unspecified atom stereocenters. The summed E-state index contributed by atoms with van der Waals surface area (Å²) in [5.41, 5.74) is 0.675. The minimum atomic E-state index is -0.712. The Morgan fingerprint density at radius 2 is 0.923 bits per heavy atom. The highest BCUT2D eigenvalue weighted by Gasteiger charge is 2.19.